The standard InChI is InChI=1S/C15H23N3O/c1-10-5-4-6-13(10)17-14-9-11(16)7-8-12(14)15(19)18(2)3/h7-10,13,17H,4-6,16H2,1-3H3. The minimum Gasteiger partial charge on any atom is -0.399 e. The molecule has 0 aliphatic heterocycles. The maximum absolute atomic E-state index is 12.2. The number of nitrogen functional groups attached to an aromatic ring is 1. The Morgan fingerprint density at radius 1 is 1.37 bits per heavy atom. The third kappa shape index (κ3) is 3.00. The van der Waals surface area contributed by atoms with Gasteiger partial charge in [-0.25, -0.2) is 0 Å². The van der Waals surface area contributed by atoms with Gasteiger partial charge in [-0.1, -0.05) is 13.3 Å². The summed E-state index contributed by atoms with van der Waals surface area (Å²) in [6.45, 7) is 2.25. The number of carbonyl (C=O) groups excluding carboxylic acids is 1. The van der Waals surface area contributed by atoms with Gasteiger partial charge < -0.3 is 16.0 Å². The lowest BCUT2D eigenvalue weighted by molar-refractivity contribution is 0.0828. The Morgan fingerprint density at radius 3 is 2.68 bits per heavy atom. The molecule has 1 saturated carbocycles. The van der Waals surface area contributed by atoms with Crippen LogP contribution in [0.15, 0.2) is 18.2 Å². The molecule has 4 heteroatoms. The van der Waals surface area contributed by atoms with Crippen LogP contribution in [0.5, 0.6) is 0 Å². The highest BCUT2D eigenvalue weighted by Crippen LogP contribution is 2.30. The van der Waals surface area contributed by atoms with Crippen LogP contribution >= 0.6 is 0 Å². The van der Waals surface area contributed by atoms with Crippen LogP contribution in [-0.2, 0) is 0 Å². The van der Waals surface area contributed by atoms with Crippen molar-refractivity contribution in [1.29, 1.82) is 0 Å². The highest BCUT2D eigenvalue weighted by atomic mass is 16.2. The van der Waals surface area contributed by atoms with Crippen molar-refractivity contribution in [1.82, 2.24) is 4.90 Å². The van der Waals surface area contributed by atoms with E-state index in [0.29, 0.717) is 23.2 Å². The SMILES string of the molecule is CC1CCCC1Nc1cc(N)ccc1C(=O)N(C)C. The highest BCUT2D eigenvalue weighted by molar-refractivity contribution is 6.00. The van der Waals surface area contributed by atoms with Crippen LogP contribution in [0.4, 0.5) is 11.4 Å². The Labute approximate surface area is 115 Å². The summed E-state index contributed by atoms with van der Waals surface area (Å²) in [4.78, 5) is 13.8. The second kappa shape index (κ2) is 5.51. The molecule has 104 valence electrons. The molecule has 0 spiro atoms. The number of carbonyl (C=O) groups is 1. The lowest BCUT2D eigenvalue weighted by Crippen LogP contribution is -2.26. The topological polar surface area (TPSA) is 58.4 Å². The fraction of sp³-hybridized carbons (Fsp3) is 0.533. The second-order valence-electron chi connectivity index (χ2n) is 5.66. The molecule has 4 nitrogen and oxygen atoms in total. The molecule has 1 fully saturated rings. The van der Waals surface area contributed by atoms with Gasteiger partial charge in [-0.15, -0.1) is 0 Å². The Hall–Kier alpha value is -1.71. The fourth-order valence-electron chi connectivity index (χ4n) is 2.67. The van der Waals surface area contributed by atoms with Crippen molar-refractivity contribution in [2.45, 2.75) is 32.2 Å². The summed E-state index contributed by atoms with van der Waals surface area (Å²) >= 11 is 0. The minimum atomic E-state index is 0.00755. The van der Waals surface area contributed by atoms with Crippen LogP contribution in [0.1, 0.15) is 36.5 Å². The van der Waals surface area contributed by atoms with Crippen molar-refractivity contribution in [3.05, 3.63) is 23.8 Å². The predicted octanol–water partition coefficient (Wildman–Crippen LogP) is 2.57. The van der Waals surface area contributed by atoms with E-state index in [1.54, 1.807) is 31.1 Å². The van der Waals surface area contributed by atoms with Gasteiger partial charge >= 0.3 is 0 Å². The molecule has 0 aromatic heterocycles. The van der Waals surface area contributed by atoms with Crippen LogP contribution in [0.3, 0.4) is 0 Å². The molecule has 1 aromatic carbocycles. The van der Waals surface area contributed by atoms with Gasteiger partial charge in [0.1, 0.15) is 0 Å². The molecule has 1 amide bonds. The molecular weight excluding hydrogens is 238 g/mol. The molecule has 0 saturated heterocycles. The lowest BCUT2D eigenvalue weighted by atomic mass is 10.0. The van der Waals surface area contributed by atoms with Crippen LogP contribution in [0, 0.1) is 5.92 Å². The molecular formula is C15H23N3O. The number of nitrogens with zero attached hydrogens (tertiary/aromatic N) is 1. The van der Waals surface area contributed by atoms with Gasteiger partial charge in [0, 0.05) is 31.5 Å². The zero-order chi connectivity index (χ0) is 14.0. The Bertz CT molecular complexity index is 470. The number of benzene rings is 1. The molecule has 1 aliphatic rings. The first-order valence-corrected chi connectivity index (χ1v) is 6.86. The third-order valence-corrected chi connectivity index (χ3v) is 3.88. The van der Waals surface area contributed by atoms with E-state index in [2.05, 4.69) is 12.2 Å². The quantitative estimate of drug-likeness (QED) is 0.822. The molecule has 19 heavy (non-hydrogen) atoms. The summed E-state index contributed by atoms with van der Waals surface area (Å²) in [6, 6.07) is 5.89. The second-order valence-corrected chi connectivity index (χ2v) is 5.66. The zero-order valence-electron chi connectivity index (χ0n) is 11.9. The summed E-state index contributed by atoms with van der Waals surface area (Å²) < 4.78 is 0. The highest BCUT2D eigenvalue weighted by Gasteiger charge is 2.24. The first-order valence-electron chi connectivity index (χ1n) is 6.86. The van der Waals surface area contributed by atoms with Crippen molar-refractivity contribution in [2.75, 3.05) is 25.1 Å². The van der Waals surface area contributed by atoms with Gasteiger partial charge in [-0.3, -0.25) is 4.79 Å². The van der Waals surface area contributed by atoms with E-state index in [0.717, 1.165) is 12.1 Å². The van der Waals surface area contributed by atoms with Crippen molar-refractivity contribution in [3.8, 4) is 0 Å². The number of hydrogen-bond acceptors (Lipinski definition) is 3. The molecule has 0 heterocycles. The number of amides is 1. The van der Waals surface area contributed by atoms with Gasteiger partial charge in [0.15, 0.2) is 0 Å². The molecule has 1 aliphatic carbocycles. The van der Waals surface area contributed by atoms with E-state index in [1.807, 2.05) is 6.07 Å². The van der Waals surface area contributed by atoms with Crippen LogP contribution in [0.25, 0.3) is 0 Å². The predicted molar refractivity (Wildman–Crippen MR) is 79.3 cm³/mol. The first kappa shape index (κ1) is 13.7. The molecule has 2 unspecified atom stereocenters. The maximum atomic E-state index is 12.2. The molecule has 0 radical (unpaired) electrons. The average Bonchev–Trinajstić information content (AvgIpc) is 2.74. The van der Waals surface area contributed by atoms with Crippen LogP contribution in [0.2, 0.25) is 0 Å². The van der Waals surface area contributed by atoms with E-state index in [-0.39, 0.29) is 5.91 Å². The van der Waals surface area contributed by atoms with Crippen molar-refractivity contribution in [3.63, 3.8) is 0 Å². The van der Waals surface area contributed by atoms with Crippen LogP contribution < -0.4 is 11.1 Å². The molecule has 3 N–H and O–H groups in total. The molecule has 0 bridgehead atoms. The third-order valence-electron chi connectivity index (χ3n) is 3.88. The molecule has 2 rings (SSSR count). The van der Waals surface area contributed by atoms with Gasteiger partial charge in [0.05, 0.1) is 5.56 Å². The normalized spacial score (nSPS) is 22.3. The van der Waals surface area contributed by atoms with Gasteiger partial charge in [0.2, 0.25) is 0 Å². The van der Waals surface area contributed by atoms with Crippen molar-refractivity contribution in [2.24, 2.45) is 5.92 Å². The zero-order valence-corrected chi connectivity index (χ0v) is 11.9. The van der Waals surface area contributed by atoms with Gasteiger partial charge in [-0.05, 0) is 37.0 Å². The van der Waals surface area contributed by atoms with Gasteiger partial charge in [-0.2, -0.15) is 0 Å². The Balaban J connectivity index is 2.27. The number of rotatable bonds is 3. The maximum Gasteiger partial charge on any atom is 0.255 e. The van der Waals surface area contributed by atoms with Crippen molar-refractivity contribution >= 4 is 17.3 Å². The summed E-state index contributed by atoms with van der Waals surface area (Å²) in [5, 5.41) is 3.51. The van der Waals surface area contributed by atoms with Crippen LogP contribution in [-0.4, -0.2) is 30.9 Å². The molecule has 2 atom stereocenters. The Kier molecular flexibility index (Phi) is 3.98. The largest absolute Gasteiger partial charge is 0.399 e. The number of nitrogens with one attached hydrogen (secondary N) is 1. The number of anilines is 2. The first-order chi connectivity index (χ1) is 8.99. The Morgan fingerprint density at radius 2 is 2.11 bits per heavy atom. The molecule has 1 aromatic rings. The summed E-state index contributed by atoms with van der Waals surface area (Å²) in [5.74, 6) is 0.650. The van der Waals surface area contributed by atoms with Gasteiger partial charge in [0.25, 0.3) is 5.91 Å². The van der Waals surface area contributed by atoms with E-state index in [1.165, 1.54) is 12.8 Å². The fourth-order valence-corrected chi connectivity index (χ4v) is 2.67. The number of nitrogens with two attached hydrogens (primary N) is 1. The minimum absolute atomic E-state index is 0.00755. The lowest BCUT2D eigenvalue weighted by Gasteiger charge is -2.22. The smallest absolute Gasteiger partial charge is 0.255 e. The number of hydrogen-bond donors (Lipinski definition) is 2. The van der Waals surface area contributed by atoms with E-state index in [4.69, 9.17) is 5.73 Å². The summed E-state index contributed by atoms with van der Waals surface area (Å²) in [7, 11) is 3.53. The summed E-state index contributed by atoms with van der Waals surface area (Å²) in [5.41, 5.74) is 8.08. The monoisotopic (exact) mass is 261 g/mol. The average molecular weight is 261 g/mol. The van der Waals surface area contributed by atoms with Crippen molar-refractivity contribution < 1.29 is 4.79 Å². The van der Waals surface area contributed by atoms with E-state index in [9.17, 15) is 4.79 Å². The summed E-state index contributed by atoms with van der Waals surface area (Å²) in [6.07, 6.45) is 3.65. The van der Waals surface area contributed by atoms with E-state index >= 15 is 0 Å². The van der Waals surface area contributed by atoms with E-state index < -0.39 is 0 Å².